The number of carbonyl (C=O) groups is 2. The van der Waals surface area contributed by atoms with Gasteiger partial charge in [0.2, 0.25) is 0 Å². The molecule has 0 bridgehead atoms. The highest BCUT2D eigenvalue weighted by atomic mass is 35.5. The van der Waals surface area contributed by atoms with Crippen LogP contribution in [-0.4, -0.2) is 29.5 Å². The van der Waals surface area contributed by atoms with Crippen molar-refractivity contribution in [3.63, 3.8) is 0 Å². The molecule has 2 aromatic carbocycles. The minimum absolute atomic E-state index is 0.000830. The zero-order chi connectivity index (χ0) is 23.4. The number of carbonyl (C=O) groups excluding carboxylic acids is 2. The standard InChI is InChI=1S/C25H26ClN3O2S/c1-14-7-6-8-17(9-14)29-23(31)19(22(30)27-24(29)32)11-16-10-18-15(2)13-25(3,4)28(5)21(18)12-20(16)26/h6-12,15H,13H2,1-5H3,(H,27,30,32)/b19-11-. The van der Waals surface area contributed by atoms with Gasteiger partial charge in [0.25, 0.3) is 11.8 Å². The van der Waals surface area contributed by atoms with Crippen LogP contribution in [0.4, 0.5) is 11.4 Å². The number of nitrogens with one attached hydrogen (secondary N) is 1. The van der Waals surface area contributed by atoms with Crippen molar-refractivity contribution in [1.82, 2.24) is 5.32 Å². The fourth-order valence-corrected chi connectivity index (χ4v) is 5.02. The Kier molecular flexibility index (Phi) is 5.63. The number of nitrogens with zero attached hydrogens (tertiary/aromatic N) is 2. The van der Waals surface area contributed by atoms with Crippen LogP contribution in [0, 0.1) is 6.92 Å². The molecule has 1 fully saturated rings. The maximum absolute atomic E-state index is 13.3. The summed E-state index contributed by atoms with van der Waals surface area (Å²) < 4.78 is 0. The van der Waals surface area contributed by atoms with E-state index in [1.54, 1.807) is 12.1 Å². The SMILES string of the molecule is Cc1cccc(N2C(=O)/C(=C\c3cc4c(cc3Cl)N(C)C(C)(C)CC4C)C(=O)NC2=S)c1. The third-order valence-corrected chi connectivity index (χ3v) is 7.03. The highest BCUT2D eigenvalue weighted by Gasteiger charge is 2.36. The molecule has 0 aliphatic carbocycles. The molecule has 2 aromatic rings. The van der Waals surface area contributed by atoms with Crippen molar-refractivity contribution in [2.75, 3.05) is 16.8 Å². The summed E-state index contributed by atoms with van der Waals surface area (Å²) in [6.07, 6.45) is 2.56. The summed E-state index contributed by atoms with van der Waals surface area (Å²) >= 11 is 11.9. The predicted molar refractivity (Wildman–Crippen MR) is 134 cm³/mol. The topological polar surface area (TPSA) is 52.7 Å². The molecule has 2 amide bonds. The van der Waals surface area contributed by atoms with Crippen molar-refractivity contribution < 1.29 is 9.59 Å². The fourth-order valence-electron chi connectivity index (χ4n) is 4.53. The Balaban J connectivity index is 1.78. The third-order valence-electron chi connectivity index (χ3n) is 6.41. The Morgan fingerprint density at radius 2 is 1.94 bits per heavy atom. The van der Waals surface area contributed by atoms with Crippen LogP contribution in [0.2, 0.25) is 5.02 Å². The van der Waals surface area contributed by atoms with E-state index in [9.17, 15) is 9.59 Å². The van der Waals surface area contributed by atoms with Gasteiger partial charge in [0.15, 0.2) is 5.11 Å². The van der Waals surface area contributed by atoms with Crippen molar-refractivity contribution in [3.8, 4) is 0 Å². The number of amides is 2. The normalized spacial score (nSPS) is 21.6. The van der Waals surface area contributed by atoms with Crippen LogP contribution in [0.15, 0.2) is 42.0 Å². The van der Waals surface area contributed by atoms with Crippen molar-refractivity contribution in [1.29, 1.82) is 0 Å². The van der Waals surface area contributed by atoms with Crippen molar-refractivity contribution in [2.24, 2.45) is 0 Å². The summed E-state index contributed by atoms with van der Waals surface area (Å²) in [4.78, 5) is 29.6. The number of halogens is 1. The van der Waals surface area contributed by atoms with Gasteiger partial charge in [0, 0.05) is 23.3 Å². The molecule has 0 radical (unpaired) electrons. The van der Waals surface area contributed by atoms with Gasteiger partial charge in [0.05, 0.1) is 5.69 Å². The molecular formula is C25H26ClN3O2S. The summed E-state index contributed by atoms with van der Waals surface area (Å²) in [6, 6.07) is 11.3. The van der Waals surface area contributed by atoms with E-state index < -0.39 is 11.8 Å². The lowest BCUT2D eigenvalue weighted by Gasteiger charge is -2.45. The average molecular weight is 468 g/mol. The molecule has 0 aromatic heterocycles. The predicted octanol–water partition coefficient (Wildman–Crippen LogP) is 5.20. The van der Waals surface area contributed by atoms with Crippen LogP contribution >= 0.6 is 23.8 Å². The second-order valence-electron chi connectivity index (χ2n) is 9.21. The molecule has 2 heterocycles. The maximum atomic E-state index is 13.3. The van der Waals surface area contributed by atoms with Crippen LogP contribution in [0.25, 0.3) is 6.08 Å². The van der Waals surface area contributed by atoms with E-state index >= 15 is 0 Å². The molecule has 1 atom stereocenters. The zero-order valence-electron chi connectivity index (χ0n) is 18.8. The number of anilines is 2. The summed E-state index contributed by atoms with van der Waals surface area (Å²) in [5.74, 6) is -0.675. The number of thiocarbonyl (C=S) groups is 1. The van der Waals surface area contributed by atoms with Gasteiger partial charge in [-0.05, 0) is 92.4 Å². The van der Waals surface area contributed by atoms with Crippen LogP contribution in [0.1, 0.15) is 49.8 Å². The minimum Gasteiger partial charge on any atom is -0.369 e. The van der Waals surface area contributed by atoms with E-state index in [1.165, 1.54) is 4.90 Å². The molecule has 0 saturated carbocycles. The van der Waals surface area contributed by atoms with E-state index in [-0.39, 0.29) is 16.2 Å². The lowest BCUT2D eigenvalue weighted by atomic mass is 9.80. The first-order chi connectivity index (χ1) is 15.0. The number of hydrogen-bond acceptors (Lipinski definition) is 4. The maximum Gasteiger partial charge on any atom is 0.270 e. The molecule has 2 aliphatic rings. The van der Waals surface area contributed by atoms with Gasteiger partial charge in [-0.1, -0.05) is 30.7 Å². The molecule has 1 N–H and O–H groups in total. The molecule has 166 valence electrons. The molecule has 4 rings (SSSR count). The van der Waals surface area contributed by atoms with Crippen molar-refractivity contribution in [3.05, 3.63) is 63.7 Å². The first-order valence-electron chi connectivity index (χ1n) is 10.5. The lowest BCUT2D eigenvalue weighted by molar-refractivity contribution is -0.122. The van der Waals surface area contributed by atoms with Gasteiger partial charge in [-0.2, -0.15) is 0 Å². The van der Waals surface area contributed by atoms with Gasteiger partial charge in [0.1, 0.15) is 5.57 Å². The fraction of sp³-hybridized carbons (Fsp3) is 0.320. The highest BCUT2D eigenvalue weighted by Crippen LogP contribution is 2.44. The monoisotopic (exact) mass is 467 g/mol. The molecule has 2 aliphatic heterocycles. The van der Waals surface area contributed by atoms with Gasteiger partial charge in [-0.25, -0.2) is 0 Å². The molecular weight excluding hydrogens is 442 g/mol. The Hall–Kier alpha value is -2.70. The van der Waals surface area contributed by atoms with Crippen LogP contribution < -0.4 is 15.1 Å². The molecule has 7 heteroatoms. The van der Waals surface area contributed by atoms with Gasteiger partial charge < -0.3 is 4.90 Å². The Labute approximate surface area is 199 Å². The van der Waals surface area contributed by atoms with E-state index in [0.29, 0.717) is 22.2 Å². The van der Waals surface area contributed by atoms with E-state index in [1.807, 2.05) is 37.3 Å². The Morgan fingerprint density at radius 3 is 2.62 bits per heavy atom. The number of benzene rings is 2. The summed E-state index contributed by atoms with van der Waals surface area (Å²) in [5, 5.41) is 3.19. The second-order valence-corrected chi connectivity index (χ2v) is 10.00. The molecule has 32 heavy (non-hydrogen) atoms. The van der Waals surface area contributed by atoms with Gasteiger partial charge in [-0.3, -0.25) is 19.8 Å². The first kappa shape index (κ1) is 22.5. The third kappa shape index (κ3) is 3.82. The minimum atomic E-state index is -0.524. The van der Waals surface area contributed by atoms with Gasteiger partial charge >= 0.3 is 0 Å². The lowest BCUT2D eigenvalue weighted by Crippen LogP contribution is -2.54. The second kappa shape index (κ2) is 8.01. The Morgan fingerprint density at radius 1 is 1.22 bits per heavy atom. The molecule has 5 nitrogen and oxygen atoms in total. The average Bonchev–Trinajstić information content (AvgIpc) is 2.69. The van der Waals surface area contributed by atoms with Gasteiger partial charge in [-0.15, -0.1) is 0 Å². The van der Waals surface area contributed by atoms with E-state index in [4.69, 9.17) is 23.8 Å². The van der Waals surface area contributed by atoms with Crippen LogP contribution in [0.3, 0.4) is 0 Å². The number of hydrogen-bond donors (Lipinski definition) is 1. The van der Waals surface area contributed by atoms with Crippen molar-refractivity contribution >= 4 is 58.2 Å². The number of fused-ring (bicyclic) bond motifs is 1. The smallest absolute Gasteiger partial charge is 0.270 e. The van der Waals surface area contributed by atoms with Crippen LogP contribution in [0.5, 0.6) is 0 Å². The molecule has 1 unspecified atom stereocenters. The molecule has 0 spiro atoms. The zero-order valence-corrected chi connectivity index (χ0v) is 20.4. The largest absolute Gasteiger partial charge is 0.369 e. The quantitative estimate of drug-likeness (QED) is 0.374. The van der Waals surface area contributed by atoms with Crippen molar-refractivity contribution in [2.45, 2.75) is 45.6 Å². The summed E-state index contributed by atoms with van der Waals surface area (Å²) in [7, 11) is 2.07. The number of aryl methyl sites for hydroxylation is 1. The number of rotatable bonds is 2. The summed E-state index contributed by atoms with van der Waals surface area (Å²) in [5.41, 5.74) is 4.47. The van der Waals surface area contributed by atoms with E-state index in [2.05, 4.69) is 38.0 Å². The first-order valence-corrected chi connectivity index (χ1v) is 11.3. The Bertz CT molecular complexity index is 1190. The summed E-state index contributed by atoms with van der Waals surface area (Å²) in [6.45, 7) is 8.55. The van der Waals surface area contributed by atoms with E-state index in [0.717, 1.165) is 23.2 Å². The molecule has 1 saturated heterocycles. The highest BCUT2D eigenvalue weighted by molar-refractivity contribution is 7.80. The van der Waals surface area contributed by atoms with Crippen LogP contribution in [-0.2, 0) is 9.59 Å².